The zero-order chi connectivity index (χ0) is 14.5. The third kappa shape index (κ3) is 3.55. The summed E-state index contributed by atoms with van der Waals surface area (Å²) in [7, 11) is 0. The van der Waals surface area contributed by atoms with Crippen LogP contribution in [0.25, 0.3) is 11.3 Å². The van der Waals surface area contributed by atoms with Gasteiger partial charge in [0.15, 0.2) is 0 Å². The van der Waals surface area contributed by atoms with E-state index in [9.17, 15) is 0 Å². The Labute approximate surface area is 127 Å². The van der Waals surface area contributed by atoms with Gasteiger partial charge >= 0.3 is 0 Å². The lowest BCUT2D eigenvalue weighted by atomic mass is 10.2. The highest BCUT2D eigenvalue weighted by Gasteiger charge is 2.02. The molecule has 0 aliphatic rings. The number of benzene rings is 1. The minimum absolute atomic E-state index is 0.589. The molecule has 0 saturated heterocycles. The summed E-state index contributed by atoms with van der Waals surface area (Å²) in [5.74, 6) is 0.589. The topological polar surface area (TPSA) is 50.7 Å². The molecule has 3 aromatic rings. The third-order valence-electron chi connectivity index (χ3n) is 2.98. The molecule has 4 nitrogen and oxygen atoms in total. The van der Waals surface area contributed by atoms with E-state index in [0.29, 0.717) is 12.5 Å². The number of rotatable bonds is 4. The van der Waals surface area contributed by atoms with Crippen LogP contribution in [0.4, 0.5) is 5.95 Å². The second kappa shape index (κ2) is 6.33. The Morgan fingerprint density at radius 2 is 1.86 bits per heavy atom. The zero-order valence-corrected chi connectivity index (χ0v) is 12.0. The molecule has 104 valence electrons. The van der Waals surface area contributed by atoms with Crippen LogP contribution in [0, 0.1) is 0 Å². The molecule has 0 aliphatic carbocycles. The molecule has 1 N–H and O–H groups in total. The molecule has 2 aromatic heterocycles. The number of hydrogen-bond acceptors (Lipinski definition) is 4. The summed E-state index contributed by atoms with van der Waals surface area (Å²) >= 11 is 5.87. The summed E-state index contributed by atoms with van der Waals surface area (Å²) < 4.78 is 0. The van der Waals surface area contributed by atoms with Crippen molar-refractivity contribution in [2.24, 2.45) is 0 Å². The van der Waals surface area contributed by atoms with E-state index in [1.165, 1.54) is 0 Å². The Bertz CT molecular complexity index is 714. The maximum absolute atomic E-state index is 5.87. The predicted molar refractivity (Wildman–Crippen MR) is 84.0 cm³/mol. The van der Waals surface area contributed by atoms with Gasteiger partial charge in [-0.15, -0.1) is 0 Å². The molecule has 21 heavy (non-hydrogen) atoms. The van der Waals surface area contributed by atoms with Crippen LogP contribution >= 0.6 is 11.6 Å². The number of nitrogens with one attached hydrogen (secondary N) is 1. The summed E-state index contributed by atoms with van der Waals surface area (Å²) in [5.41, 5.74) is 2.93. The van der Waals surface area contributed by atoms with Gasteiger partial charge in [-0.3, -0.25) is 4.98 Å². The molecule has 0 atom stereocenters. The van der Waals surface area contributed by atoms with Gasteiger partial charge < -0.3 is 5.32 Å². The molecule has 0 radical (unpaired) electrons. The molecular formula is C16H13ClN4. The van der Waals surface area contributed by atoms with Gasteiger partial charge in [-0.2, -0.15) is 0 Å². The Kier molecular flexibility index (Phi) is 4.07. The maximum Gasteiger partial charge on any atom is 0.223 e. The van der Waals surface area contributed by atoms with Crippen molar-refractivity contribution in [2.45, 2.75) is 6.54 Å². The van der Waals surface area contributed by atoms with Gasteiger partial charge in [-0.25, -0.2) is 9.97 Å². The van der Waals surface area contributed by atoms with Gasteiger partial charge in [-0.1, -0.05) is 23.7 Å². The first-order valence-corrected chi connectivity index (χ1v) is 6.91. The smallest absolute Gasteiger partial charge is 0.223 e. The van der Waals surface area contributed by atoms with Crippen LogP contribution in [-0.4, -0.2) is 15.0 Å². The van der Waals surface area contributed by atoms with Crippen LogP contribution in [0.3, 0.4) is 0 Å². The first kappa shape index (κ1) is 13.5. The SMILES string of the molecule is Clc1ccc(CNc2nccc(-c3cccnc3)n2)cc1. The van der Waals surface area contributed by atoms with Crippen LogP contribution in [0.15, 0.2) is 61.1 Å². The van der Waals surface area contributed by atoms with Gasteiger partial charge in [0.25, 0.3) is 0 Å². The highest BCUT2D eigenvalue weighted by Crippen LogP contribution is 2.16. The van der Waals surface area contributed by atoms with Crippen LogP contribution in [0.1, 0.15) is 5.56 Å². The quantitative estimate of drug-likeness (QED) is 0.795. The fourth-order valence-electron chi connectivity index (χ4n) is 1.90. The lowest BCUT2D eigenvalue weighted by Crippen LogP contribution is -2.03. The van der Waals surface area contributed by atoms with Gasteiger partial charge in [0.05, 0.1) is 5.69 Å². The molecular weight excluding hydrogens is 284 g/mol. The number of hydrogen-bond donors (Lipinski definition) is 1. The third-order valence-corrected chi connectivity index (χ3v) is 3.23. The molecule has 0 unspecified atom stereocenters. The van der Waals surface area contributed by atoms with Crippen molar-refractivity contribution in [3.63, 3.8) is 0 Å². The first-order valence-electron chi connectivity index (χ1n) is 6.53. The molecule has 5 heteroatoms. The summed E-state index contributed by atoms with van der Waals surface area (Å²) in [4.78, 5) is 12.8. The number of pyridine rings is 1. The molecule has 0 bridgehead atoms. The first-order chi connectivity index (χ1) is 10.3. The van der Waals surface area contributed by atoms with Crippen molar-refractivity contribution >= 4 is 17.5 Å². The van der Waals surface area contributed by atoms with Crippen molar-refractivity contribution in [1.29, 1.82) is 0 Å². The lowest BCUT2D eigenvalue weighted by Gasteiger charge is -2.06. The standard InChI is InChI=1S/C16H13ClN4/c17-14-5-3-12(4-6-14)10-20-16-19-9-7-15(21-16)13-2-1-8-18-11-13/h1-9,11H,10H2,(H,19,20,21). The number of nitrogens with zero attached hydrogens (tertiary/aromatic N) is 3. The monoisotopic (exact) mass is 296 g/mol. The summed E-state index contributed by atoms with van der Waals surface area (Å²) in [6.07, 6.45) is 5.26. The molecule has 0 aliphatic heterocycles. The van der Waals surface area contributed by atoms with Crippen molar-refractivity contribution < 1.29 is 0 Å². The number of aromatic nitrogens is 3. The average Bonchev–Trinajstić information content (AvgIpc) is 2.55. The van der Waals surface area contributed by atoms with E-state index in [0.717, 1.165) is 21.8 Å². The van der Waals surface area contributed by atoms with Gasteiger partial charge in [0, 0.05) is 35.7 Å². The minimum Gasteiger partial charge on any atom is -0.350 e. The highest BCUT2D eigenvalue weighted by molar-refractivity contribution is 6.30. The van der Waals surface area contributed by atoms with E-state index in [4.69, 9.17) is 11.6 Å². The largest absolute Gasteiger partial charge is 0.350 e. The second-order valence-corrected chi connectivity index (χ2v) is 4.92. The molecule has 0 amide bonds. The van der Waals surface area contributed by atoms with E-state index < -0.39 is 0 Å². The normalized spacial score (nSPS) is 10.3. The molecule has 1 aromatic carbocycles. The predicted octanol–water partition coefficient (Wildman–Crippen LogP) is 3.80. The molecule has 0 saturated carbocycles. The fourth-order valence-corrected chi connectivity index (χ4v) is 2.03. The molecule has 2 heterocycles. The Morgan fingerprint density at radius 3 is 2.62 bits per heavy atom. The van der Waals surface area contributed by atoms with Crippen molar-refractivity contribution in [3.05, 3.63) is 71.6 Å². The summed E-state index contributed by atoms with van der Waals surface area (Å²) in [5, 5.41) is 3.94. The lowest BCUT2D eigenvalue weighted by molar-refractivity contribution is 1.06. The van der Waals surface area contributed by atoms with Crippen molar-refractivity contribution in [3.8, 4) is 11.3 Å². The van der Waals surface area contributed by atoms with Gasteiger partial charge in [-0.05, 0) is 35.9 Å². The van der Waals surface area contributed by atoms with Gasteiger partial charge in [0.1, 0.15) is 0 Å². The molecule has 3 rings (SSSR count). The average molecular weight is 297 g/mol. The van der Waals surface area contributed by atoms with Crippen LogP contribution in [0.2, 0.25) is 5.02 Å². The molecule has 0 spiro atoms. The summed E-state index contributed by atoms with van der Waals surface area (Å²) in [6.45, 7) is 0.646. The van der Waals surface area contributed by atoms with E-state index in [1.807, 2.05) is 42.5 Å². The van der Waals surface area contributed by atoms with Gasteiger partial charge in [0.2, 0.25) is 5.95 Å². The van der Waals surface area contributed by atoms with E-state index in [-0.39, 0.29) is 0 Å². The molecule has 0 fully saturated rings. The van der Waals surface area contributed by atoms with E-state index in [1.54, 1.807) is 18.6 Å². The van der Waals surface area contributed by atoms with E-state index >= 15 is 0 Å². The highest BCUT2D eigenvalue weighted by atomic mass is 35.5. The van der Waals surface area contributed by atoms with Crippen LogP contribution in [-0.2, 0) is 6.54 Å². The van der Waals surface area contributed by atoms with Crippen molar-refractivity contribution in [1.82, 2.24) is 15.0 Å². The summed E-state index contributed by atoms with van der Waals surface area (Å²) in [6, 6.07) is 13.4. The second-order valence-electron chi connectivity index (χ2n) is 4.49. The Hall–Kier alpha value is -2.46. The number of anilines is 1. The van der Waals surface area contributed by atoms with Crippen LogP contribution in [0.5, 0.6) is 0 Å². The van der Waals surface area contributed by atoms with Crippen molar-refractivity contribution in [2.75, 3.05) is 5.32 Å². The minimum atomic E-state index is 0.589. The van der Waals surface area contributed by atoms with E-state index in [2.05, 4.69) is 20.3 Å². The fraction of sp³-hybridized carbons (Fsp3) is 0.0625. The Balaban J connectivity index is 1.73. The van der Waals surface area contributed by atoms with Crippen LogP contribution < -0.4 is 5.32 Å². The maximum atomic E-state index is 5.87. The number of halogens is 1. The zero-order valence-electron chi connectivity index (χ0n) is 11.2. The Morgan fingerprint density at radius 1 is 1.00 bits per heavy atom.